The lowest BCUT2D eigenvalue weighted by Crippen LogP contribution is -2.14. The molecule has 2 aliphatic rings. The van der Waals surface area contributed by atoms with Gasteiger partial charge in [0.25, 0.3) is 15.9 Å². The maximum Gasteiger partial charge on any atom is 0.261 e. The van der Waals surface area contributed by atoms with Crippen molar-refractivity contribution in [2.75, 3.05) is 11.3 Å². The molecule has 1 amide bonds. The van der Waals surface area contributed by atoms with Crippen LogP contribution in [0.1, 0.15) is 21.5 Å². The normalized spacial score (nSPS) is 15.6. The molecule has 0 radical (unpaired) electrons. The summed E-state index contributed by atoms with van der Waals surface area (Å²) < 4.78 is 33.0. The molecule has 23 heavy (non-hydrogen) atoms. The van der Waals surface area contributed by atoms with Crippen LogP contribution in [-0.4, -0.2) is 20.9 Å². The number of fused-ring (bicyclic) bond motifs is 2. The van der Waals surface area contributed by atoms with Crippen LogP contribution in [0.4, 0.5) is 5.69 Å². The molecule has 0 unspecified atom stereocenters. The Morgan fingerprint density at radius 2 is 1.96 bits per heavy atom. The van der Waals surface area contributed by atoms with Crippen LogP contribution in [-0.2, 0) is 23.0 Å². The van der Waals surface area contributed by atoms with Crippen LogP contribution in [0.5, 0.6) is 5.75 Å². The number of hydrogen-bond donors (Lipinski definition) is 2. The van der Waals surface area contributed by atoms with E-state index in [2.05, 4.69) is 10.0 Å². The van der Waals surface area contributed by atoms with E-state index in [9.17, 15) is 13.2 Å². The SMILES string of the molecule is O=C1NCc2ccc(NS(=O)(=O)c3ccc4c(c3)CCO4)cc21. The van der Waals surface area contributed by atoms with Crippen molar-refractivity contribution in [2.45, 2.75) is 17.9 Å². The molecule has 0 fully saturated rings. The van der Waals surface area contributed by atoms with E-state index < -0.39 is 10.0 Å². The molecule has 2 aromatic carbocycles. The van der Waals surface area contributed by atoms with Gasteiger partial charge in [0.1, 0.15) is 5.75 Å². The minimum Gasteiger partial charge on any atom is -0.493 e. The van der Waals surface area contributed by atoms with Gasteiger partial charge in [-0.3, -0.25) is 9.52 Å². The van der Waals surface area contributed by atoms with E-state index >= 15 is 0 Å². The first-order chi connectivity index (χ1) is 11.0. The van der Waals surface area contributed by atoms with Gasteiger partial charge in [0.2, 0.25) is 0 Å². The average Bonchev–Trinajstić information content (AvgIpc) is 3.13. The number of rotatable bonds is 3. The van der Waals surface area contributed by atoms with Crippen LogP contribution in [0.3, 0.4) is 0 Å². The van der Waals surface area contributed by atoms with Crippen LogP contribution >= 0.6 is 0 Å². The molecule has 6 nitrogen and oxygen atoms in total. The zero-order valence-electron chi connectivity index (χ0n) is 12.1. The van der Waals surface area contributed by atoms with Crippen molar-refractivity contribution in [3.63, 3.8) is 0 Å². The zero-order chi connectivity index (χ0) is 16.0. The fourth-order valence-corrected chi connectivity index (χ4v) is 3.92. The molecule has 2 aromatic rings. The maximum atomic E-state index is 12.5. The van der Waals surface area contributed by atoms with Gasteiger partial charge < -0.3 is 10.1 Å². The first-order valence-corrected chi connectivity index (χ1v) is 8.71. The second kappa shape index (κ2) is 4.99. The minimum atomic E-state index is -3.71. The van der Waals surface area contributed by atoms with Crippen LogP contribution < -0.4 is 14.8 Å². The Morgan fingerprint density at radius 1 is 1.09 bits per heavy atom. The molecule has 4 rings (SSSR count). The molecule has 0 bridgehead atoms. The predicted molar refractivity (Wildman–Crippen MR) is 84.1 cm³/mol. The Morgan fingerprint density at radius 3 is 2.83 bits per heavy atom. The summed E-state index contributed by atoms with van der Waals surface area (Å²) in [6, 6.07) is 9.80. The number of sulfonamides is 1. The largest absolute Gasteiger partial charge is 0.493 e. The smallest absolute Gasteiger partial charge is 0.261 e. The lowest BCUT2D eigenvalue weighted by molar-refractivity contribution is 0.0966. The van der Waals surface area contributed by atoms with E-state index in [1.165, 1.54) is 6.07 Å². The van der Waals surface area contributed by atoms with E-state index in [1.54, 1.807) is 30.3 Å². The summed E-state index contributed by atoms with van der Waals surface area (Å²) in [6.45, 7) is 1.05. The fourth-order valence-electron chi connectivity index (χ4n) is 2.82. The fraction of sp³-hybridized carbons (Fsp3) is 0.188. The Balaban J connectivity index is 1.65. The van der Waals surface area contributed by atoms with Crippen LogP contribution in [0, 0.1) is 0 Å². The third-order valence-corrected chi connectivity index (χ3v) is 5.40. The lowest BCUT2D eigenvalue weighted by Gasteiger charge is -2.10. The second-order valence-corrected chi connectivity index (χ2v) is 7.21. The minimum absolute atomic E-state index is 0.185. The second-order valence-electron chi connectivity index (χ2n) is 5.53. The number of anilines is 1. The predicted octanol–water partition coefficient (Wildman–Crippen LogP) is 1.67. The summed E-state index contributed by atoms with van der Waals surface area (Å²) in [5.74, 6) is 0.550. The molecule has 0 saturated carbocycles. The van der Waals surface area contributed by atoms with Gasteiger partial charge in [-0.25, -0.2) is 8.42 Å². The van der Waals surface area contributed by atoms with Crippen molar-refractivity contribution in [1.29, 1.82) is 0 Å². The molecule has 118 valence electrons. The van der Waals surface area contributed by atoms with Gasteiger partial charge in [0.15, 0.2) is 0 Å². The molecular weight excluding hydrogens is 316 g/mol. The van der Waals surface area contributed by atoms with Crippen molar-refractivity contribution in [1.82, 2.24) is 5.32 Å². The maximum absolute atomic E-state index is 12.5. The van der Waals surface area contributed by atoms with Crippen LogP contribution in [0.25, 0.3) is 0 Å². The first-order valence-electron chi connectivity index (χ1n) is 7.23. The van der Waals surface area contributed by atoms with Crippen LogP contribution in [0.15, 0.2) is 41.3 Å². The number of amides is 1. The molecule has 2 N–H and O–H groups in total. The number of hydrogen-bond acceptors (Lipinski definition) is 4. The Kier molecular flexibility index (Phi) is 3.05. The summed E-state index contributed by atoms with van der Waals surface area (Å²) >= 11 is 0. The van der Waals surface area contributed by atoms with Gasteiger partial charge in [-0.2, -0.15) is 0 Å². The standard InChI is InChI=1S/C16H14N2O4S/c19-16-14-8-12(2-1-11(14)9-17-16)18-23(20,21)13-3-4-15-10(7-13)5-6-22-15/h1-4,7-8,18H,5-6,9H2,(H,17,19). The highest BCUT2D eigenvalue weighted by Crippen LogP contribution is 2.29. The van der Waals surface area contributed by atoms with E-state index in [-0.39, 0.29) is 10.8 Å². The van der Waals surface area contributed by atoms with E-state index in [1.807, 2.05) is 0 Å². The third kappa shape index (κ3) is 2.43. The number of carbonyl (C=O) groups excluding carboxylic acids is 1. The van der Waals surface area contributed by atoms with Gasteiger partial charge in [-0.05, 0) is 41.5 Å². The summed E-state index contributed by atoms with van der Waals surface area (Å²) in [4.78, 5) is 11.9. The van der Waals surface area contributed by atoms with Gasteiger partial charge in [0.05, 0.1) is 11.5 Å². The molecule has 0 spiro atoms. The summed E-state index contributed by atoms with van der Waals surface area (Å²) in [6.07, 6.45) is 0.706. The highest BCUT2D eigenvalue weighted by atomic mass is 32.2. The van der Waals surface area contributed by atoms with Crippen LogP contribution in [0.2, 0.25) is 0 Å². The van der Waals surface area contributed by atoms with Crippen molar-refractivity contribution in [2.24, 2.45) is 0 Å². The summed E-state index contributed by atoms with van der Waals surface area (Å²) in [7, 11) is -3.71. The molecule has 2 heterocycles. The Bertz CT molecular complexity index is 922. The van der Waals surface area contributed by atoms with Gasteiger partial charge in [-0.1, -0.05) is 6.07 Å². The van der Waals surface area contributed by atoms with E-state index in [0.29, 0.717) is 30.8 Å². The van der Waals surface area contributed by atoms with Crippen molar-refractivity contribution in [3.8, 4) is 5.75 Å². The number of carbonyl (C=O) groups is 1. The monoisotopic (exact) mass is 330 g/mol. The zero-order valence-corrected chi connectivity index (χ0v) is 12.9. The molecule has 0 aromatic heterocycles. The lowest BCUT2D eigenvalue weighted by atomic mass is 10.1. The number of nitrogens with one attached hydrogen (secondary N) is 2. The highest BCUT2D eigenvalue weighted by molar-refractivity contribution is 7.92. The average molecular weight is 330 g/mol. The molecule has 0 atom stereocenters. The van der Waals surface area contributed by atoms with Crippen molar-refractivity contribution in [3.05, 3.63) is 53.1 Å². The molecule has 2 aliphatic heterocycles. The topological polar surface area (TPSA) is 84.5 Å². The Labute approximate surface area is 133 Å². The van der Waals surface area contributed by atoms with E-state index in [0.717, 1.165) is 16.9 Å². The third-order valence-electron chi connectivity index (χ3n) is 4.02. The van der Waals surface area contributed by atoms with Crippen molar-refractivity contribution >= 4 is 21.6 Å². The summed E-state index contributed by atoms with van der Waals surface area (Å²) in [5.41, 5.74) is 2.64. The molecule has 7 heteroatoms. The van der Waals surface area contributed by atoms with Crippen molar-refractivity contribution < 1.29 is 17.9 Å². The quantitative estimate of drug-likeness (QED) is 0.896. The number of benzene rings is 2. The van der Waals surface area contributed by atoms with Gasteiger partial charge in [0, 0.05) is 24.2 Å². The van der Waals surface area contributed by atoms with Gasteiger partial charge in [-0.15, -0.1) is 0 Å². The van der Waals surface area contributed by atoms with E-state index in [4.69, 9.17) is 4.74 Å². The number of ether oxygens (including phenoxy) is 1. The first kappa shape index (κ1) is 14.1. The molecule has 0 aliphatic carbocycles. The highest BCUT2D eigenvalue weighted by Gasteiger charge is 2.22. The van der Waals surface area contributed by atoms with Gasteiger partial charge >= 0.3 is 0 Å². The summed E-state index contributed by atoms with van der Waals surface area (Å²) in [5, 5.41) is 2.70. The molecule has 0 saturated heterocycles. The Hall–Kier alpha value is -2.54. The molecular formula is C16H14N2O4S.